The van der Waals surface area contributed by atoms with Crippen LogP contribution in [0, 0.1) is 11.7 Å². The molecule has 1 aliphatic carbocycles. The van der Waals surface area contributed by atoms with E-state index in [0.29, 0.717) is 19.1 Å². The monoisotopic (exact) mass is 406 g/mol. The van der Waals surface area contributed by atoms with Crippen LogP contribution in [0.3, 0.4) is 0 Å². The number of rotatable bonds is 9. The van der Waals surface area contributed by atoms with Gasteiger partial charge >= 0.3 is 0 Å². The second-order valence-corrected chi connectivity index (χ2v) is 8.43. The SMILES string of the molecule is COCCC(=O)NC1CCC(CCN2CCC(Oc3ccc(F)cc3)CC2)CC1. The number of benzene rings is 1. The Morgan fingerprint density at radius 1 is 1.10 bits per heavy atom. The molecule has 6 heteroatoms. The molecule has 0 radical (unpaired) electrons. The topological polar surface area (TPSA) is 50.8 Å². The second-order valence-electron chi connectivity index (χ2n) is 8.43. The van der Waals surface area contributed by atoms with Gasteiger partial charge in [0.25, 0.3) is 0 Å². The molecule has 1 amide bonds. The number of carbonyl (C=O) groups excluding carboxylic acids is 1. The van der Waals surface area contributed by atoms with Crippen molar-refractivity contribution >= 4 is 5.91 Å². The summed E-state index contributed by atoms with van der Waals surface area (Å²) in [6.45, 7) is 3.78. The van der Waals surface area contributed by atoms with Gasteiger partial charge in [-0.15, -0.1) is 0 Å². The van der Waals surface area contributed by atoms with Gasteiger partial charge in [-0.1, -0.05) is 0 Å². The molecule has 1 aliphatic heterocycles. The van der Waals surface area contributed by atoms with Gasteiger partial charge in [-0.2, -0.15) is 0 Å². The molecule has 5 nitrogen and oxygen atoms in total. The zero-order valence-corrected chi connectivity index (χ0v) is 17.6. The largest absolute Gasteiger partial charge is 0.490 e. The molecule has 1 N–H and O–H groups in total. The molecule has 0 unspecified atom stereocenters. The van der Waals surface area contributed by atoms with Crippen molar-refractivity contribution in [3.8, 4) is 5.75 Å². The van der Waals surface area contributed by atoms with Gasteiger partial charge in [0, 0.05) is 32.7 Å². The van der Waals surface area contributed by atoms with Crippen LogP contribution >= 0.6 is 0 Å². The highest BCUT2D eigenvalue weighted by Gasteiger charge is 2.24. The van der Waals surface area contributed by atoms with Gasteiger partial charge in [0.05, 0.1) is 6.61 Å². The molecule has 162 valence electrons. The molecule has 3 rings (SSSR count). The molecular formula is C23H35FN2O3. The Balaban J connectivity index is 1.27. The number of halogens is 1. The molecule has 0 atom stereocenters. The highest BCUT2D eigenvalue weighted by Crippen LogP contribution is 2.28. The van der Waals surface area contributed by atoms with E-state index < -0.39 is 0 Å². The first-order valence-corrected chi connectivity index (χ1v) is 11.0. The Morgan fingerprint density at radius 2 is 1.79 bits per heavy atom. The van der Waals surface area contributed by atoms with Crippen LogP contribution in [-0.2, 0) is 9.53 Å². The van der Waals surface area contributed by atoms with Crippen LogP contribution in [0.25, 0.3) is 0 Å². The Bertz CT molecular complexity index is 609. The van der Waals surface area contributed by atoms with Crippen LogP contribution in [-0.4, -0.2) is 56.3 Å². The number of piperidine rings is 1. The van der Waals surface area contributed by atoms with E-state index in [2.05, 4.69) is 10.2 Å². The van der Waals surface area contributed by atoms with E-state index in [0.717, 1.165) is 57.0 Å². The zero-order valence-electron chi connectivity index (χ0n) is 17.6. The van der Waals surface area contributed by atoms with Gasteiger partial charge in [-0.25, -0.2) is 4.39 Å². The number of ether oxygens (including phenoxy) is 2. The maximum absolute atomic E-state index is 13.0. The van der Waals surface area contributed by atoms with Crippen molar-refractivity contribution in [1.82, 2.24) is 10.2 Å². The predicted molar refractivity (Wildman–Crippen MR) is 111 cm³/mol. The number of methoxy groups -OCH3 is 1. The van der Waals surface area contributed by atoms with Crippen molar-refractivity contribution in [3.05, 3.63) is 30.1 Å². The van der Waals surface area contributed by atoms with Crippen molar-refractivity contribution in [2.24, 2.45) is 5.92 Å². The number of likely N-dealkylation sites (tertiary alicyclic amines) is 1. The number of hydrogen-bond donors (Lipinski definition) is 1. The fourth-order valence-corrected chi connectivity index (χ4v) is 4.41. The van der Waals surface area contributed by atoms with E-state index in [4.69, 9.17) is 9.47 Å². The first-order chi connectivity index (χ1) is 14.1. The van der Waals surface area contributed by atoms with Crippen molar-refractivity contribution in [1.29, 1.82) is 0 Å². The van der Waals surface area contributed by atoms with E-state index in [1.54, 1.807) is 19.2 Å². The third kappa shape index (κ3) is 7.59. The molecule has 1 aromatic rings. The molecule has 1 aromatic carbocycles. The lowest BCUT2D eigenvalue weighted by Crippen LogP contribution is -2.40. The smallest absolute Gasteiger partial charge is 0.222 e. The zero-order chi connectivity index (χ0) is 20.5. The third-order valence-electron chi connectivity index (χ3n) is 6.25. The van der Waals surface area contributed by atoms with Gasteiger partial charge in [0.2, 0.25) is 5.91 Å². The summed E-state index contributed by atoms with van der Waals surface area (Å²) in [7, 11) is 1.62. The van der Waals surface area contributed by atoms with Crippen molar-refractivity contribution in [3.63, 3.8) is 0 Å². The summed E-state index contributed by atoms with van der Waals surface area (Å²) in [5.74, 6) is 1.42. The van der Waals surface area contributed by atoms with Crippen LogP contribution in [0.1, 0.15) is 51.4 Å². The first-order valence-electron chi connectivity index (χ1n) is 11.0. The van der Waals surface area contributed by atoms with Gasteiger partial charge in [-0.05, 0) is 81.7 Å². The van der Waals surface area contributed by atoms with Crippen LogP contribution in [0.2, 0.25) is 0 Å². The van der Waals surface area contributed by atoms with Crippen molar-refractivity contribution in [2.75, 3.05) is 33.4 Å². The standard InChI is InChI=1S/C23H35FN2O3/c1-28-17-13-23(27)25-20-6-2-18(3-7-20)10-14-26-15-11-22(12-16-26)29-21-8-4-19(24)5-9-21/h4-5,8-9,18,20,22H,2-3,6-7,10-17H2,1H3,(H,25,27). The third-order valence-corrected chi connectivity index (χ3v) is 6.25. The molecule has 2 fully saturated rings. The van der Waals surface area contributed by atoms with Crippen LogP contribution < -0.4 is 10.1 Å². The number of amides is 1. The molecule has 1 saturated carbocycles. The first kappa shape index (κ1) is 22.0. The number of carbonyl (C=O) groups is 1. The van der Waals surface area contributed by atoms with E-state index in [9.17, 15) is 9.18 Å². The molecular weight excluding hydrogens is 371 g/mol. The summed E-state index contributed by atoms with van der Waals surface area (Å²) in [4.78, 5) is 14.4. The molecule has 1 saturated heterocycles. The van der Waals surface area contributed by atoms with Crippen molar-refractivity contribution < 1.29 is 18.7 Å². The summed E-state index contributed by atoms with van der Waals surface area (Å²) in [5, 5.41) is 3.14. The lowest BCUT2D eigenvalue weighted by atomic mass is 9.84. The lowest BCUT2D eigenvalue weighted by Gasteiger charge is -2.34. The average molecular weight is 407 g/mol. The highest BCUT2D eigenvalue weighted by molar-refractivity contribution is 5.76. The molecule has 29 heavy (non-hydrogen) atoms. The molecule has 1 heterocycles. The maximum Gasteiger partial charge on any atom is 0.222 e. The van der Waals surface area contributed by atoms with Crippen molar-refractivity contribution in [2.45, 2.75) is 63.5 Å². The van der Waals surface area contributed by atoms with Gasteiger partial charge in [0.15, 0.2) is 0 Å². The van der Waals surface area contributed by atoms with Gasteiger partial charge in [-0.3, -0.25) is 4.79 Å². The van der Waals surface area contributed by atoms with E-state index in [1.165, 1.54) is 31.4 Å². The average Bonchev–Trinajstić information content (AvgIpc) is 2.74. The molecule has 2 aliphatic rings. The van der Waals surface area contributed by atoms with Crippen LogP contribution in [0.15, 0.2) is 24.3 Å². The Labute approximate surface area is 173 Å². The summed E-state index contributed by atoms with van der Waals surface area (Å²) >= 11 is 0. The van der Waals surface area contributed by atoms with Gasteiger partial charge < -0.3 is 19.7 Å². The predicted octanol–water partition coefficient (Wildman–Crippen LogP) is 3.77. The van der Waals surface area contributed by atoms with E-state index >= 15 is 0 Å². The van der Waals surface area contributed by atoms with Crippen LogP contribution in [0.5, 0.6) is 5.75 Å². The minimum absolute atomic E-state index is 0.112. The Hall–Kier alpha value is -1.66. The quantitative estimate of drug-likeness (QED) is 0.678. The summed E-state index contributed by atoms with van der Waals surface area (Å²) in [6, 6.07) is 6.65. The number of nitrogens with one attached hydrogen (secondary N) is 1. The fraction of sp³-hybridized carbons (Fsp3) is 0.696. The summed E-state index contributed by atoms with van der Waals surface area (Å²) in [5.41, 5.74) is 0. The molecule has 0 aromatic heterocycles. The highest BCUT2D eigenvalue weighted by atomic mass is 19.1. The minimum Gasteiger partial charge on any atom is -0.490 e. The minimum atomic E-state index is -0.227. The van der Waals surface area contributed by atoms with E-state index in [1.807, 2.05) is 0 Å². The van der Waals surface area contributed by atoms with Crippen LogP contribution in [0.4, 0.5) is 4.39 Å². The second kappa shape index (κ2) is 11.5. The molecule has 0 spiro atoms. The lowest BCUT2D eigenvalue weighted by molar-refractivity contribution is -0.122. The summed E-state index contributed by atoms with van der Waals surface area (Å²) < 4.78 is 23.9. The fourth-order valence-electron chi connectivity index (χ4n) is 4.41. The summed E-state index contributed by atoms with van der Waals surface area (Å²) in [6.07, 6.45) is 8.58. The van der Waals surface area contributed by atoms with E-state index in [-0.39, 0.29) is 17.8 Å². The number of nitrogens with zero attached hydrogens (tertiary/aromatic N) is 1. The van der Waals surface area contributed by atoms with Gasteiger partial charge in [0.1, 0.15) is 17.7 Å². The normalized spacial score (nSPS) is 23.7. The Morgan fingerprint density at radius 3 is 2.45 bits per heavy atom. The number of hydrogen-bond acceptors (Lipinski definition) is 4. The Kier molecular flexibility index (Phi) is 8.74. The maximum atomic E-state index is 13.0. The molecule has 0 bridgehead atoms.